The molecule has 1 saturated heterocycles. The van der Waals surface area contributed by atoms with Gasteiger partial charge in [0.2, 0.25) is 11.8 Å². The minimum atomic E-state index is -0.583. The summed E-state index contributed by atoms with van der Waals surface area (Å²) < 4.78 is 5.48. The van der Waals surface area contributed by atoms with Crippen LogP contribution in [0.1, 0.15) is 54.4 Å². The van der Waals surface area contributed by atoms with Gasteiger partial charge in [0.1, 0.15) is 6.54 Å². The average Bonchev–Trinajstić information content (AvgIpc) is 3.52. The van der Waals surface area contributed by atoms with Crippen molar-refractivity contribution >= 4 is 23.2 Å². The topological polar surface area (TPSA) is 62.5 Å². The molecule has 0 radical (unpaired) electrons. The molecule has 1 aromatic heterocycles. The molecule has 3 aliphatic rings. The van der Waals surface area contributed by atoms with Crippen molar-refractivity contribution in [2.24, 2.45) is 0 Å². The molecular weight excluding hydrogens is 424 g/mol. The van der Waals surface area contributed by atoms with Crippen molar-refractivity contribution in [2.75, 3.05) is 18.0 Å². The fourth-order valence-electron chi connectivity index (χ4n) is 5.22. The molecule has 0 N–H and O–H groups in total. The normalized spacial score (nSPS) is 20.2. The van der Waals surface area contributed by atoms with Gasteiger partial charge in [-0.3, -0.25) is 9.69 Å². The average molecular weight is 449 g/mol. The Morgan fingerprint density at radius 1 is 1.03 bits per heavy atom. The van der Waals surface area contributed by atoms with Crippen LogP contribution in [0.5, 0.6) is 0 Å². The van der Waals surface area contributed by atoms with Gasteiger partial charge in [-0.2, -0.15) is 4.98 Å². The molecule has 1 amide bonds. The summed E-state index contributed by atoms with van der Waals surface area (Å²) in [5, 5.41) is 4.78. The summed E-state index contributed by atoms with van der Waals surface area (Å²) in [7, 11) is 0. The van der Waals surface area contributed by atoms with Gasteiger partial charge in [-0.05, 0) is 56.5 Å². The van der Waals surface area contributed by atoms with Gasteiger partial charge in [0.05, 0.1) is 11.1 Å². The first-order valence-corrected chi connectivity index (χ1v) is 11.7. The summed E-state index contributed by atoms with van der Waals surface area (Å²) in [5.41, 5.74) is 2.56. The Bertz CT molecular complexity index is 1150. The maximum absolute atomic E-state index is 13.9. The van der Waals surface area contributed by atoms with Gasteiger partial charge in [0, 0.05) is 23.0 Å². The van der Waals surface area contributed by atoms with Crippen LogP contribution in [-0.2, 0) is 23.3 Å². The van der Waals surface area contributed by atoms with Crippen molar-refractivity contribution < 1.29 is 9.32 Å². The number of amides is 1. The Morgan fingerprint density at radius 2 is 1.81 bits per heavy atom. The monoisotopic (exact) mass is 448 g/mol. The molecule has 3 aromatic rings. The zero-order valence-corrected chi connectivity index (χ0v) is 18.6. The molecule has 32 heavy (non-hydrogen) atoms. The number of nitrogens with zero attached hydrogens (tertiary/aromatic N) is 4. The van der Waals surface area contributed by atoms with E-state index in [0.717, 1.165) is 62.4 Å². The summed E-state index contributed by atoms with van der Waals surface area (Å²) in [6.45, 7) is 2.90. The number of fused-ring (bicyclic) bond motifs is 2. The SMILES string of the molecule is O=C1N(Cc2nc(C3CC3)no2)c2cccc(Cl)c2C12CCN(Cc1ccccc1)CC2. The number of aromatic nitrogens is 2. The van der Waals surface area contributed by atoms with Crippen LogP contribution in [0.4, 0.5) is 5.69 Å². The molecule has 2 fully saturated rings. The van der Waals surface area contributed by atoms with Gasteiger partial charge in [0.15, 0.2) is 5.82 Å². The summed E-state index contributed by atoms with van der Waals surface area (Å²) in [6, 6.07) is 16.3. The Morgan fingerprint density at radius 3 is 2.56 bits per heavy atom. The van der Waals surface area contributed by atoms with Gasteiger partial charge < -0.3 is 9.42 Å². The Kier molecular flexibility index (Phi) is 4.81. The molecule has 3 heterocycles. The molecule has 6 nitrogen and oxygen atoms in total. The van der Waals surface area contributed by atoms with Crippen LogP contribution in [0.25, 0.3) is 0 Å². The van der Waals surface area contributed by atoms with Crippen LogP contribution in [0, 0.1) is 0 Å². The second-order valence-corrected chi connectivity index (χ2v) is 9.60. The first-order valence-electron chi connectivity index (χ1n) is 11.3. The minimum Gasteiger partial charge on any atom is -0.337 e. The van der Waals surface area contributed by atoms with E-state index in [1.165, 1.54) is 5.56 Å². The molecule has 1 spiro atoms. The van der Waals surface area contributed by atoms with Crippen LogP contribution >= 0.6 is 11.6 Å². The minimum absolute atomic E-state index is 0.103. The lowest BCUT2D eigenvalue weighted by atomic mass is 9.73. The molecule has 2 aromatic carbocycles. The van der Waals surface area contributed by atoms with Crippen molar-refractivity contribution in [3.63, 3.8) is 0 Å². The highest BCUT2D eigenvalue weighted by Gasteiger charge is 2.53. The number of benzene rings is 2. The smallest absolute Gasteiger partial charge is 0.246 e. The maximum Gasteiger partial charge on any atom is 0.246 e. The number of piperidine rings is 1. The van der Waals surface area contributed by atoms with E-state index in [4.69, 9.17) is 16.1 Å². The van der Waals surface area contributed by atoms with E-state index in [9.17, 15) is 4.79 Å². The molecule has 164 valence electrons. The zero-order chi connectivity index (χ0) is 21.7. The number of carbonyl (C=O) groups is 1. The second-order valence-electron chi connectivity index (χ2n) is 9.19. The Balaban J connectivity index is 1.26. The van der Waals surface area contributed by atoms with E-state index < -0.39 is 5.41 Å². The summed E-state index contributed by atoms with van der Waals surface area (Å²) in [5.74, 6) is 1.78. The van der Waals surface area contributed by atoms with E-state index >= 15 is 0 Å². The molecule has 0 bridgehead atoms. The fourth-order valence-corrected chi connectivity index (χ4v) is 5.57. The van der Waals surface area contributed by atoms with E-state index in [-0.39, 0.29) is 5.91 Å². The van der Waals surface area contributed by atoms with Crippen molar-refractivity contribution in [1.82, 2.24) is 15.0 Å². The van der Waals surface area contributed by atoms with Crippen LogP contribution in [-0.4, -0.2) is 34.0 Å². The molecule has 1 saturated carbocycles. The van der Waals surface area contributed by atoms with E-state index in [1.807, 2.05) is 24.3 Å². The highest BCUT2D eigenvalue weighted by Crippen LogP contribution is 2.51. The predicted octanol–water partition coefficient (Wildman–Crippen LogP) is 4.68. The predicted molar refractivity (Wildman–Crippen MR) is 122 cm³/mol. The highest BCUT2D eigenvalue weighted by molar-refractivity contribution is 6.33. The number of likely N-dealkylation sites (tertiary alicyclic amines) is 1. The van der Waals surface area contributed by atoms with Crippen LogP contribution in [0.2, 0.25) is 5.02 Å². The van der Waals surface area contributed by atoms with Crippen LogP contribution in [0.3, 0.4) is 0 Å². The number of carbonyl (C=O) groups excluding carboxylic acids is 1. The molecule has 1 aliphatic carbocycles. The zero-order valence-electron chi connectivity index (χ0n) is 17.8. The Labute approximate surface area is 192 Å². The Hall–Kier alpha value is -2.70. The highest BCUT2D eigenvalue weighted by atomic mass is 35.5. The van der Waals surface area contributed by atoms with Gasteiger partial charge in [-0.25, -0.2) is 0 Å². The van der Waals surface area contributed by atoms with Crippen molar-refractivity contribution in [1.29, 1.82) is 0 Å². The lowest BCUT2D eigenvalue weighted by molar-refractivity contribution is -0.125. The third-order valence-corrected chi connectivity index (χ3v) is 7.41. The number of rotatable bonds is 5. The van der Waals surface area contributed by atoms with Crippen molar-refractivity contribution in [3.05, 3.63) is 76.4 Å². The largest absolute Gasteiger partial charge is 0.337 e. The van der Waals surface area contributed by atoms with E-state index in [0.29, 0.717) is 23.4 Å². The molecule has 6 rings (SSSR count). The molecular formula is C25H25ClN4O2. The first kappa shape index (κ1) is 19.9. The van der Waals surface area contributed by atoms with E-state index in [2.05, 4.69) is 39.3 Å². The number of halogens is 1. The summed E-state index contributed by atoms with van der Waals surface area (Å²) >= 11 is 6.70. The van der Waals surface area contributed by atoms with Crippen molar-refractivity contribution in [3.8, 4) is 0 Å². The number of hydrogen-bond donors (Lipinski definition) is 0. The molecule has 7 heteroatoms. The quantitative estimate of drug-likeness (QED) is 0.567. The third-order valence-electron chi connectivity index (χ3n) is 7.09. The van der Waals surface area contributed by atoms with Gasteiger partial charge in [0.25, 0.3) is 0 Å². The van der Waals surface area contributed by atoms with Gasteiger partial charge in [-0.1, -0.05) is 53.2 Å². The van der Waals surface area contributed by atoms with Gasteiger partial charge in [-0.15, -0.1) is 0 Å². The standard InChI is InChI=1S/C25H25ClN4O2/c26-19-7-4-8-20-22(19)25(11-13-29(14-12-25)15-17-5-2-1-3-6-17)24(31)30(20)16-21-27-23(28-32-21)18-9-10-18/h1-8,18H,9-16H2. The second kappa shape index (κ2) is 7.71. The lowest BCUT2D eigenvalue weighted by Gasteiger charge is -2.38. The molecule has 2 aliphatic heterocycles. The summed E-state index contributed by atoms with van der Waals surface area (Å²) in [4.78, 5) is 22.6. The van der Waals surface area contributed by atoms with Gasteiger partial charge >= 0.3 is 0 Å². The number of hydrogen-bond acceptors (Lipinski definition) is 5. The first-order chi connectivity index (χ1) is 15.6. The van der Waals surface area contributed by atoms with Crippen LogP contribution in [0.15, 0.2) is 53.1 Å². The maximum atomic E-state index is 13.9. The lowest BCUT2D eigenvalue weighted by Crippen LogP contribution is -2.48. The van der Waals surface area contributed by atoms with Crippen LogP contribution < -0.4 is 4.90 Å². The fraction of sp³-hybridized carbons (Fsp3) is 0.400. The third kappa shape index (κ3) is 3.33. The van der Waals surface area contributed by atoms with Crippen molar-refractivity contribution in [2.45, 2.75) is 50.1 Å². The molecule has 0 atom stereocenters. The van der Waals surface area contributed by atoms with E-state index in [1.54, 1.807) is 4.90 Å². The molecule has 0 unspecified atom stereocenters. The number of anilines is 1. The summed E-state index contributed by atoms with van der Waals surface area (Å²) in [6.07, 6.45) is 3.73.